The van der Waals surface area contributed by atoms with E-state index in [9.17, 15) is 0 Å². The topological polar surface area (TPSA) is 39.1 Å². The Hall–Kier alpha value is -0.590. The fourth-order valence-electron chi connectivity index (χ4n) is 2.47. The number of nitriles is 1. The molecule has 1 N–H and O–H groups in total. The minimum atomic E-state index is 0.00657. The quantitative estimate of drug-likeness (QED) is 0.750. The number of nitrogens with zero attached hydrogens (tertiary/aromatic N) is 2. The molecule has 1 aliphatic rings. The molecule has 1 fully saturated rings. The molecule has 0 aliphatic carbocycles. The van der Waals surface area contributed by atoms with Crippen molar-refractivity contribution >= 4 is 0 Å². The predicted molar refractivity (Wildman–Crippen MR) is 67.2 cm³/mol. The lowest BCUT2D eigenvalue weighted by Gasteiger charge is -2.36. The summed E-state index contributed by atoms with van der Waals surface area (Å²) in [5, 5.41) is 12.4. The number of rotatable bonds is 6. The molecule has 2 unspecified atom stereocenters. The van der Waals surface area contributed by atoms with Gasteiger partial charge >= 0.3 is 0 Å². The van der Waals surface area contributed by atoms with Crippen molar-refractivity contribution in [1.82, 2.24) is 10.2 Å². The summed E-state index contributed by atoms with van der Waals surface area (Å²) < 4.78 is 0. The van der Waals surface area contributed by atoms with Gasteiger partial charge in [-0.1, -0.05) is 20.3 Å². The summed E-state index contributed by atoms with van der Waals surface area (Å²) in [4.78, 5) is 2.50. The normalized spacial score (nSPS) is 23.9. The van der Waals surface area contributed by atoms with Crippen LogP contribution in [0.2, 0.25) is 0 Å². The third-order valence-electron chi connectivity index (χ3n) is 3.43. The van der Waals surface area contributed by atoms with Crippen molar-refractivity contribution in [2.75, 3.05) is 19.6 Å². The monoisotopic (exact) mass is 223 g/mol. The van der Waals surface area contributed by atoms with Crippen LogP contribution >= 0.6 is 0 Å². The van der Waals surface area contributed by atoms with Gasteiger partial charge in [-0.2, -0.15) is 5.26 Å². The first-order valence-electron chi connectivity index (χ1n) is 6.68. The Morgan fingerprint density at radius 1 is 1.44 bits per heavy atom. The predicted octanol–water partition coefficient (Wildman–Crippen LogP) is 2.14. The Bertz CT molecular complexity index is 222. The summed E-state index contributed by atoms with van der Waals surface area (Å²) in [6.07, 6.45) is 6.26. The smallest absolute Gasteiger partial charge is 0.108 e. The van der Waals surface area contributed by atoms with E-state index in [1.165, 1.54) is 32.2 Å². The van der Waals surface area contributed by atoms with Crippen LogP contribution in [0.15, 0.2) is 0 Å². The van der Waals surface area contributed by atoms with Gasteiger partial charge in [0.05, 0.1) is 6.07 Å². The number of hydrogen-bond acceptors (Lipinski definition) is 3. The average molecular weight is 223 g/mol. The van der Waals surface area contributed by atoms with Crippen LogP contribution in [0.5, 0.6) is 0 Å². The molecule has 0 saturated carbocycles. The second kappa shape index (κ2) is 7.65. The zero-order valence-electron chi connectivity index (χ0n) is 10.7. The van der Waals surface area contributed by atoms with E-state index < -0.39 is 0 Å². The number of piperidine rings is 1. The first kappa shape index (κ1) is 13.5. The van der Waals surface area contributed by atoms with E-state index in [1.807, 2.05) is 0 Å². The molecule has 1 saturated heterocycles. The third-order valence-corrected chi connectivity index (χ3v) is 3.43. The first-order chi connectivity index (χ1) is 7.81. The highest BCUT2D eigenvalue weighted by Gasteiger charge is 2.23. The zero-order valence-corrected chi connectivity index (χ0v) is 10.7. The fourth-order valence-corrected chi connectivity index (χ4v) is 2.47. The lowest BCUT2D eigenvalue weighted by atomic mass is 9.99. The highest BCUT2D eigenvalue weighted by Crippen LogP contribution is 2.19. The molecule has 0 aromatic heterocycles. The Kier molecular flexibility index (Phi) is 6.44. The van der Waals surface area contributed by atoms with Crippen molar-refractivity contribution in [3.05, 3.63) is 0 Å². The van der Waals surface area contributed by atoms with Gasteiger partial charge in [0.25, 0.3) is 0 Å². The van der Waals surface area contributed by atoms with Crippen molar-refractivity contribution in [2.24, 2.45) is 0 Å². The summed E-state index contributed by atoms with van der Waals surface area (Å²) >= 11 is 0. The lowest BCUT2D eigenvalue weighted by molar-refractivity contribution is 0.137. The number of hydrogen-bond donors (Lipinski definition) is 1. The minimum absolute atomic E-state index is 0.00657. The lowest BCUT2D eigenvalue weighted by Crippen LogP contribution is -2.47. The van der Waals surface area contributed by atoms with Gasteiger partial charge in [0, 0.05) is 12.6 Å². The molecule has 1 rings (SSSR count). The highest BCUT2D eigenvalue weighted by molar-refractivity contribution is 4.93. The largest absolute Gasteiger partial charge is 0.301 e. The maximum Gasteiger partial charge on any atom is 0.108 e. The standard InChI is InChI=1S/C13H25N3/c1-3-8-15-12(10-14)11-16-9-6-5-7-13(16)4-2/h12-13,15H,3-9,11H2,1-2H3. The molecule has 1 aliphatic heterocycles. The number of likely N-dealkylation sites (tertiary alicyclic amines) is 1. The third kappa shape index (κ3) is 4.11. The summed E-state index contributed by atoms with van der Waals surface area (Å²) in [6, 6.07) is 3.08. The molecule has 1 heterocycles. The highest BCUT2D eigenvalue weighted by atomic mass is 15.2. The first-order valence-corrected chi connectivity index (χ1v) is 6.68. The summed E-state index contributed by atoms with van der Waals surface area (Å²) in [5.41, 5.74) is 0. The van der Waals surface area contributed by atoms with Crippen molar-refractivity contribution in [3.63, 3.8) is 0 Å². The van der Waals surface area contributed by atoms with Gasteiger partial charge in [0.2, 0.25) is 0 Å². The molecule has 2 atom stereocenters. The molecule has 0 amide bonds. The summed E-state index contributed by atoms with van der Waals surface area (Å²) in [6.45, 7) is 7.41. The van der Waals surface area contributed by atoms with E-state index in [1.54, 1.807) is 0 Å². The molecule has 0 aromatic carbocycles. The minimum Gasteiger partial charge on any atom is -0.301 e. The van der Waals surface area contributed by atoms with Crippen LogP contribution in [0.4, 0.5) is 0 Å². The molecule has 3 heteroatoms. The molecule has 0 spiro atoms. The SMILES string of the molecule is CCCNC(C#N)CN1CCCCC1CC. The van der Waals surface area contributed by atoms with Crippen molar-refractivity contribution < 1.29 is 0 Å². The van der Waals surface area contributed by atoms with E-state index >= 15 is 0 Å². The van der Waals surface area contributed by atoms with Gasteiger partial charge in [0.1, 0.15) is 6.04 Å². The van der Waals surface area contributed by atoms with Crippen LogP contribution in [0.3, 0.4) is 0 Å². The molecule has 92 valence electrons. The summed E-state index contributed by atoms with van der Waals surface area (Å²) in [5.74, 6) is 0. The van der Waals surface area contributed by atoms with E-state index in [4.69, 9.17) is 5.26 Å². The maximum atomic E-state index is 9.10. The van der Waals surface area contributed by atoms with E-state index in [0.29, 0.717) is 6.04 Å². The van der Waals surface area contributed by atoms with Crippen LogP contribution in [-0.4, -0.2) is 36.6 Å². The molecular weight excluding hydrogens is 198 g/mol. The summed E-state index contributed by atoms with van der Waals surface area (Å²) in [7, 11) is 0. The second-order valence-corrected chi connectivity index (χ2v) is 4.69. The Morgan fingerprint density at radius 2 is 2.25 bits per heavy atom. The molecule has 3 nitrogen and oxygen atoms in total. The maximum absolute atomic E-state index is 9.10. The zero-order chi connectivity index (χ0) is 11.8. The van der Waals surface area contributed by atoms with Crippen molar-refractivity contribution in [3.8, 4) is 6.07 Å². The van der Waals surface area contributed by atoms with Crippen LogP contribution in [0.1, 0.15) is 46.0 Å². The van der Waals surface area contributed by atoms with Crippen molar-refractivity contribution in [1.29, 1.82) is 5.26 Å². The van der Waals surface area contributed by atoms with Crippen LogP contribution in [0, 0.1) is 11.3 Å². The molecule has 0 aromatic rings. The molecule has 16 heavy (non-hydrogen) atoms. The van der Waals surface area contributed by atoms with E-state index in [2.05, 4.69) is 30.1 Å². The van der Waals surface area contributed by atoms with Gasteiger partial charge in [-0.3, -0.25) is 4.90 Å². The molecule has 0 radical (unpaired) electrons. The van der Waals surface area contributed by atoms with E-state index in [-0.39, 0.29) is 6.04 Å². The van der Waals surface area contributed by atoms with Gasteiger partial charge in [-0.05, 0) is 38.8 Å². The van der Waals surface area contributed by atoms with Gasteiger partial charge in [-0.25, -0.2) is 0 Å². The second-order valence-electron chi connectivity index (χ2n) is 4.69. The van der Waals surface area contributed by atoms with Crippen molar-refractivity contribution in [2.45, 2.75) is 58.0 Å². The van der Waals surface area contributed by atoms with Crippen LogP contribution in [0.25, 0.3) is 0 Å². The van der Waals surface area contributed by atoms with Crippen LogP contribution < -0.4 is 5.32 Å². The van der Waals surface area contributed by atoms with Crippen LogP contribution in [-0.2, 0) is 0 Å². The van der Waals surface area contributed by atoms with Gasteiger partial charge in [-0.15, -0.1) is 0 Å². The fraction of sp³-hybridized carbons (Fsp3) is 0.923. The molecule has 0 bridgehead atoms. The Balaban J connectivity index is 2.39. The Labute approximate surface area is 99.8 Å². The number of nitrogens with one attached hydrogen (secondary N) is 1. The Morgan fingerprint density at radius 3 is 2.88 bits per heavy atom. The van der Waals surface area contributed by atoms with Gasteiger partial charge < -0.3 is 5.32 Å². The molecular formula is C13H25N3. The van der Waals surface area contributed by atoms with Gasteiger partial charge in [0.15, 0.2) is 0 Å². The average Bonchev–Trinajstić information content (AvgIpc) is 2.34. The van der Waals surface area contributed by atoms with E-state index in [0.717, 1.165) is 19.5 Å².